The topological polar surface area (TPSA) is 50.9 Å². The van der Waals surface area contributed by atoms with Crippen molar-refractivity contribution in [3.63, 3.8) is 0 Å². The van der Waals surface area contributed by atoms with Crippen LogP contribution >= 0.6 is 0 Å². The Morgan fingerprint density at radius 1 is 1.40 bits per heavy atom. The van der Waals surface area contributed by atoms with Crippen LogP contribution in [0.1, 0.15) is 30.3 Å². The third kappa shape index (κ3) is 2.55. The molecule has 0 amide bonds. The summed E-state index contributed by atoms with van der Waals surface area (Å²) in [6, 6.07) is 6.20. The fourth-order valence-corrected chi connectivity index (χ4v) is 2.19. The Balaban J connectivity index is 2.08. The Bertz CT molecular complexity index is 318. The number of aryl methyl sites for hydroxylation is 1. The van der Waals surface area contributed by atoms with Gasteiger partial charge in [0.1, 0.15) is 0 Å². The zero-order valence-electron chi connectivity index (χ0n) is 9.24. The van der Waals surface area contributed by atoms with Gasteiger partial charge in [0.15, 0.2) is 0 Å². The number of hydrogen-bond donors (Lipinski definition) is 2. The highest BCUT2D eigenvalue weighted by atomic mass is 14.9. The van der Waals surface area contributed by atoms with Crippen LogP contribution in [0.2, 0.25) is 0 Å². The van der Waals surface area contributed by atoms with Crippen molar-refractivity contribution in [1.82, 2.24) is 10.3 Å². The molecule has 0 bridgehead atoms. The monoisotopic (exact) mass is 205 g/mol. The molecule has 1 aliphatic heterocycles. The van der Waals surface area contributed by atoms with Gasteiger partial charge in [0, 0.05) is 11.7 Å². The van der Waals surface area contributed by atoms with E-state index in [1.807, 2.05) is 25.1 Å². The number of piperidine rings is 1. The first-order chi connectivity index (χ1) is 7.27. The third-order valence-electron chi connectivity index (χ3n) is 3.14. The van der Waals surface area contributed by atoms with E-state index in [0.29, 0.717) is 5.92 Å². The van der Waals surface area contributed by atoms with Crippen molar-refractivity contribution in [2.75, 3.05) is 13.1 Å². The molecule has 2 rings (SSSR count). The van der Waals surface area contributed by atoms with Gasteiger partial charge in [-0.3, -0.25) is 4.98 Å². The second-order valence-corrected chi connectivity index (χ2v) is 4.32. The highest BCUT2D eigenvalue weighted by Crippen LogP contribution is 2.25. The van der Waals surface area contributed by atoms with Crippen LogP contribution in [0.5, 0.6) is 0 Å². The molecule has 3 heteroatoms. The van der Waals surface area contributed by atoms with Gasteiger partial charge in [-0.25, -0.2) is 0 Å². The highest BCUT2D eigenvalue weighted by Gasteiger charge is 2.22. The fourth-order valence-electron chi connectivity index (χ4n) is 2.19. The second kappa shape index (κ2) is 4.73. The summed E-state index contributed by atoms with van der Waals surface area (Å²) in [7, 11) is 0. The molecule has 1 atom stereocenters. The third-order valence-corrected chi connectivity index (χ3v) is 3.14. The summed E-state index contributed by atoms with van der Waals surface area (Å²) in [4.78, 5) is 4.50. The van der Waals surface area contributed by atoms with Crippen molar-refractivity contribution < 1.29 is 0 Å². The molecule has 0 aromatic carbocycles. The zero-order chi connectivity index (χ0) is 10.7. The van der Waals surface area contributed by atoms with Gasteiger partial charge in [0.05, 0.1) is 5.69 Å². The number of nitrogens with two attached hydrogens (primary N) is 1. The van der Waals surface area contributed by atoms with Crippen molar-refractivity contribution in [2.24, 2.45) is 11.7 Å². The van der Waals surface area contributed by atoms with Crippen LogP contribution in [-0.4, -0.2) is 18.1 Å². The van der Waals surface area contributed by atoms with E-state index < -0.39 is 0 Å². The molecule has 3 nitrogen and oxygen atoms in total. The molecule has 1 saturated heterocycles. The van der Waals surface area contributed by atoms with Gasteiger partial charge in [0.25, 0.3) is 0 Å². The standard InChI is InChI=1S/C12H19N3/c1-9-3-2-4-11(15-9)12(13)10-5-7-14-8-6-10/h2-4,10,12,14H,5-8,13H2,1H3/t12-/m1/s1. The lowest BCUT2D eigenvalue weighted by Crippen LogP contribution is -2.34. The van der Waals surface area contributed by atoms with Crippen molar-refractivity contribution in [3.05, 3.63) is 29.6 Å². The summed E-state index contributed by atoms with van der Waals surface area (Å²) < 4.78 is 0. The quantitative estimate of drug-likeness (QED) is 0.767. The van der Waals surface area contributed by atoms with Crippen LogP contribution in [-0.2, 0) is 0 Å². The summed E-state index contributed by atoms with van der Waals surface area (Å²) in [5.41, 5.74) is 8.34. The predicted octanol–water partition coefficient (Wildman–Crippen LogP) is 1.39. The number of pyridine rings is 1. The Morgan fingerprint density at radius 2 is 2.13 bits per heavy atom. The molecular formula is C12H19N3. The average molecular weight is 205 g/mol. The van der Waals surface area contributed by atoms with E-state index in [2.05, 4.69) is 10.3 Å². The molecule has 2 heterocycles. The van der Waals surface area contributed by atoms with Crippen LogP contribution in [0.4, 0.5) is 0 Å². The molecule has 1 aromatic rings. The van der Waals surface area contributed by atoms with E-state index in [0.717, 1.165) is 37.3 Å². The first-order valence-corrected chi connectivity index (χ1v) is 5.67. The molecule has 0 spiro atoms. The maximum absolute atomic E-state index is 6.25. The molecule has 1 aromatic heterocycles. The van der Waals surface area contributed by atoms with Crippen molar-refractivity contribution in [2.45, 2.75) is 25.8 Å². The summed E-state index contributed by atoms with van der Waals surface area (Å²) in [6.45, 7) is 4.19. The van der Waals surface area contributed by atoms with Crippen molar-refractivity contribution >= 4 is 0 Å². The minimum atomic E-state index is 0.104. The normalized spacial score (nSPS) is 20.1. The minimum Gasteiger partial charge on any atom is -0.322 e. The summed E-state index contributed by atoms with van der Waals surface area (Å²) >= 11 is 0. The van der Waals surface area contributed by atoms with Gasteiger partial charge in [-0.05, 0) is 50.9 Å². The summed E-state index contributed by atoms with van der Waals surface area (Å²) in [6.07, 6.45) is 2.33. The zero-order valence-corrected chi connectivity index (χ0v) is 9.24. The fraction of sp³-hybridized carbons (Fsp3) is 0.583. The maximum atomic E-state index is 6.25. The van der Waals surface area contributed by atoms with Crippen LogP contribution in [0.3, 0.4) is 0 Å². The molecule has 0 radical (unpaired) electrons. The van der Waals surface area contributed by atoms with E-state index in [1.54, 1.807) is 0 Å². The Labute approximate surface area is 91.1 Å². The molecule has 82 valence electrons. The Morgan fingerprint density at radius 3 is 2.80 bits per heavy atom. The predicted molar refractivity (Wildman–Crippen MR) is 61.5 cm³/mol. The van der Waals surface area contributed by atoms with Crippen LogP contribution < -0.4 is 11.1 Å². The first-order valence-electron chi connectivity index (χ1n) is 5.67. The molecule has 1 fully saturated rings. The molecule has 0 unspecified atom stereocenters. The average Bonchev–Trinajstić information content (AvgIpc) is 2.29. The van der Waals surface area contributed by atoms with Gasteiger partial charge in [-0.2, -0.15) is 0 Å². The van der Waals surface area contributed by atoms with Gasteiger partial charge in [-0.1, -0.05) is 6.07 Å². The lowest BCUT2D eigenvalue weighted by Gasteiger charge is -2.27. The summed E-state index contributed by atoms with van der Waals surface area (Å²) in [5.74, 6) is 0.584. The number of rotatable bonds is 2. The van der Waals surface area contributed by atoms with E-state index in [-0.39, 0.29) is 6.04 Å². The first kappa shape index (κ1) is 10.6. The van der Waals surface area contributed by atoms with Gasteiger partial charge >= 0.3 is 0 Å². The molecule has 15 heavy (non-hydrogen) atoms. The smallest absolute Gasteiger partial charge is 0.0577 e. The maximum Gasteiger partial charge on any atom is 0.0577 e. The number of hydrogen-bond acceptors (Lipinski definition) is 3. The van der Waals surface area contributed by atoms with Gasteiger partial charge in [0.2, 0.25) is 0 Å². The molecular weight excluding hydrogens is 186 g/mol. The lowest BCUT2D eigenvalue weighted by molar-refractivity contribution is 0.318. The van der Waals surface area contributed by atoms with Crippen LogP contribution in [0, 0.1) is 12.8 Å². The largest absolute Gasteiger partial charge is 0.322 e. The Hall–Kier alpha value is -0.930. The van der Waals surface area contributed by atoms with E-state index in [4.69, 9.17) is 5.73 Å². The molecule has 3 N–H and O–H groups in total. The van der Waals surface area contributed by atoms with E-state index in [9.17, 15) is 0 Å². The van der Waals surface area contributed by atoms with Gasteiger partial charge < -0.3 is 11.1 Å². The number of nitrogens with one attached hydrogen (secondary N) is 1. The second-order valence-electron chi connectivity index (χ2n) is 4.32. The van der Waals surface area contributed by atoms with E-state index >= 15 is 0 Å². The van der Waals surface area contributed by atoms with Crippen LogP contribution in [0.25, 0.3) is 0 Å². The molecule has 0 aliphatic carbocycles. The number of aromatic nitrogens is 1. The van der Waals surface area contributed by atoms with Crippen LogP contribution in [0.15, 0.2) is 18.2 Å². The highest BCUT2D eigenvalue weighted by molar-refractivity contribution is 5.14. The van der Waals surface area contributed by atoms with Crippen molar-refractivity contribution in [1.29, 1.82) is 0 Å². The van der Waals surface area contributed by atoms with Gasteiger partial charge in [-0.15, -0.1) is 0 Å². The molecule has 1 aliphatic rings. The SMILES string of the molecule is Cc1cccc([C@H](N)C2CCNCC2)n1. The Kier molecular flexibility index (Phi) is 3.34. The summed E-state index contributed by atoms with van der Waals surface area (Å²) in [5, 5.41) is 3.36. The minimum absolute atomic E-state index is 0.104. The lowest BCUT2D eigenvalue weighted by atomic mass is 9.89. The van der Waals surface area contributed by atoms with Crippen molar-refractivity contribution in [3.8, 4) is 0 Å². The van der Waals surface area contributed by atoms with E-state index in [1.165, 1.54) is 0 Å². The molecule has 0 saturated carbocycles. The number of nitrogens with zero attached hydrogens (tertiary/aromatic N) is 1.